The number of aromatic nitrogens is 3. The molecule has 1 amide bonds. The van der Waals surface area contributed by atoms with E-state index >= 15 is 0 Å². The second kappa shape index (κ2) is 10.4. The standard InChI is InChI=1S/C16H21N5O2.2ClH/c17-15(13-3-7-23-8-4-13)16(22)20-14-9-19-21(11-14)10-12-1-5-18-6-2-12;;/h1-2,5-6,9,11,13,15H,3-4,7-8,10,17H2,(H,20,22);2*1H. The average molecular weight is 388 g/mol. The Morgan fingerprint density at radius 3 is 2.68 bits per heavy atom. The number of hydrogen-bond acceptors (Lipinski definition) is 5. The third kappa shape index (κ3) is 5.97. The lowest BCUT2D eigenvalue weighted by molar-refractivity contribution is -0.119. The van der Waals surface area contributed by atoms with Crippen molar-refractivity contribution in [1.29, 1.82) is 0 Å². The largest absolute Gasteiger partial charge is 0.381 e. The van der Waals surface area contributed by atoms with E-state index in [-0.39, 0.29) is 36.6 Å². The van der Waals surface area contributed by atoms with Gasteiger partial charge in [-0.25, -0.2) is 0 Å². The van der Waals surface area contributed by atoms with Crippen molar-refractivity contribution in [3.8, 4) is 0 Å². The van der Waals surface area contributed by atoms with Gasteiger partial charge >= 0.3 is 0 Å². The summed E-state index contributed by atoms with van der Waals surface area (Å²) in [5.74, 6) is 0.0102. The first-order valence-corrected chi connectivity index (χ1v) is 7.78. The van der Waals surface area contributed by atoms with Crippen LogP contribution >= 0.6 is 24.8 Å². The van der Waals surface area contributed by atoms with Crippen LogP contribution in [-0.4, -0.2) is 39.9 Å². The molecule has 3 N–H and O–H groups in total. The maximum absolute atomic E-state index is 12.3. The normalized spacial score (nSPS) is 15.6. The zero-order valence-corrected chi connectivity index (χ0v) is 15.3. The third-order valence-electron chi connectivity index (χ3n) is 4.07. The van der Waals surface area contributed by atoms with Crippen LogP contribution in [0.3, 0.4) is 0 Å². The van der Waals surface area contributed by atoms with E-state index in [2.05, 4.69) is 15.4 Å². The van der Waals surface area contributed by atoms with E-state index in [0.717, 1.165) is 18.4 Å². The predicted molar refractivity (Wildman–Crippen MR) is 100 cm³/mol. The monoisotopic (exact) mass is 387 g/mol. The number of halogens is 2. The number of nitrogens with zero attached hydrogens (tertiary/aromatic N) is 3. The number of nitrogens with two attached hydrogens (primary N) is 1. The highest BCUT2D eigenvalue weighted by Gasteiger charge is 2.26. The van der Waals surface area contributed by atoms with Crippen LogP contribution in [0, 0.1) is 5.92 Å². The fourth-order valence-electron chi connectivity index (χ4n) is 2.70. The lowest BCUT2D eigenvalue weighted by atomic mass is 9.92. The van der Waals surface area contributed by atoms with Crippen molar-refractivity contribution in [2.24, 2.45) is 11.7 Å². The van der Waals surface area contributed by atoms with E-state index in [0.29, 0.717) is 25.4 Å². The molecule has 2 aromatic heterocycles. The number of ether oxygens (including phenoxy) is 1. The van der Waals surface area contributed by atoms with Crippen molar-refractivity contribution in [3.05, 3.63) is 42.5 Å². The summed E-state index contributed by atoms with van der Waals surface area (Å²) in [5.41, 5.74) is 7.82. The van der Waals surface area contributed by atoms with Crippen molar-refractivity contribution >= 4 is 36.4 Å². The molecule has 1 aliphatic rings. The van der Waals surface area contributed by atoms with Gasteiger partial charge in [-0.3, -0.25) is 14.5 Å². The van der Waals surface area contributed by atoms with Gasteiger partial charge in [0, 0.05) is 31.8 Å². The maximum Gasteiger partial charge on any atom is 0.241 e. The van der Waals surface area contributed by atoms with Gasteiger partial charge < -0.3 is 15.8 Å². The fourth-order valence-corrected chi connectivity index (χ4v) is 2.70. The van der Waals surface area contributed by atoms with E-state index in [1.807, 2.05) is 12.1 Å². The van der Waals surface area contributed by atoms with Crippen molar-refractivity contribution in [1.82, 2.24) is 14.8 Å². The number of hydrogen-bond donors (Lipinski definition) is 2. The molecular weight excluding hydrogens is 365 g/mol. The van der Waals surface area contributed by atoms with Crippen LogP contribution in [0.4, 0.5) is 5.69 Å². The van der Waals surface area contributed by atoms with Crippen molar-refractivity contribution < 1.29 is 9.53 Å². The molecule has 0 spiro atoms. The Morgan fingerprint density at radius 2 is 2.00 bits per heavy atom. The molecule has 0 aromatic carbocycles. The van der Waals surface area contributed by atoms with Gasteiger partial charge in [0.1, 0.15) is 0 Å². The summed E-state index contributed by atoms with van der Waals surface area (Å²) in [6, 6.07) is 3.35. The minimum Gasteiger partial charge on any atom is -0.381 e. The van der Waals surface area contributed by atoms with Crippen LogP contribution < -0.4 is 11.1 Å². The fraction of sp³-hybridized carbons (Fsp3) is 0.438. The van der Waals surface area contributed by atoms with Gasteiger partial charge in [-0.2, -0.15) is 5.10 Å². The predicted octanol–water partition coefficient (Wildman–Crippen LogP) is 1.86. The molecule has 0 aliphatic carbocycles. The molecule has 1 saturated heterocycles. The van der Waals surface area contributed by atoms with E-state index < -0.39 is 6.04 Å². The number of anilines is 1. The topological polar surface area (TPSA) is 95.1 Å². The van der Waals surface area contributed by atoms with Gasteiger partial charge in [-0.15, -0.1) is 24.8 Å². The lowest BCUT2D eigenvalue weighted by Gasteiger charge is -2.26. The third-order valence-corrected chi connectivity index (χ3v) is 4.07. The number of carbonyl (C=O) groups is 1. The van der Waals surface area contributed by atoms with E-state index in [4.69, 9.17) is 10.5 Å². The first kappa shape index (κ1) is 21.4. The highest BCUT2D eigenvalue weighted by molar-refractivity contribution is 5.94. The van der Waals surface area contributed by atoms with Gasteiger partial charge in [0.05, 0.1) is 24.5 Å². The van der Waals surface area contributed by atoms with Gasteiger partial charge in [-0.1, -0.05) is 0 Å². The number of amides is 1. The zero-order valence-electron chi connectivity index (χ0n) is 13.7. The minimum absolute atomic E-state index is 0. The second-order valence-corrected chi connectivity index (χ2v) is 5.75. The van der Waals surface area contributed by atoms with E-state index in [1.54, 1.807) is 29.5 Å². The van der Waals surface area contributed by atoms with E-state index in [9.17, 15) is 4.79 Å². The van der Waals surface area contributed by atoms with Crippen molar-refractivity contribution in [3.63, 3.8) is 0 Å². The van der Waals surface area contributed by atoms with Crippen LogP contribution in [0.15, 0.2) is 36.9 Å². The quantitative estimate of drug-likeness (QED) is 0.816. The smallest absolute Gasteiger partial charge is 0.241 e. The van der Waals surface area contributed by atoms with Crippen molar-refractivity contribution in [2.45, 2.75) is 25.4 Å². The average Bonchev–Trinajstić information content (AvgIpc) is 3.02. The highest BCUT2D eigenvalue weighted by Crippen LogP contribution is 2.19. The van der Waals surface area contributed by atoms with Crippen LogP contribution in [-0.2, 0) is 16.1 Å². The molecule has 2 aromatic rings. The molecule has 9 heteroatoms. The Labute approximate surface area is 159 Å². The Hall–Kier alpha value is -1.67. The highest BCUT2D eigenvalue weighted by atomic mass is 35.5. The van der Waals surface area contributed by atoms with E-state index in [1.165, 1.54) is 0 Å². The van der Waals surface area contributed by atoms with Crippen LogP contribution in [0.25, 0.3) is 0 Å². The number of carbonyl (C=O) groups excluding carboxylic acids is 1. The van der Waals surface area contributed by atoms with Crippen LogP contribution in [0.1, 0.15) is 18.4 Å². The summed E-state index contributed by atoms with van der Waals surface area (Å²) in [5, 5.41) is 7.10. The number of rotatable bonds is 5. The molecule has 1 unspecified atom stereocenters. The molecule has 0 radical (unpaired) electrons. The molecule has 0 bridgehead atoms. The summed E-state index contributed by atoms with van der Waals surface area (Å²) in [6.07, 6.45) is 8.58. The molecule has 7 nitrogen and oxygen atoms in total. The molecule has 25 heavy (non-hydrogen) atoms. The molecule has 1 aliphatic heterocycles. The first-order valence-electron chi connectivity index (χ1n) is 7.78. The number of nitrogens with one attached hydrogen (secondary N) is 1. The molecule has 1 atom stereocenters. The Kier molecular flexibility index (Phi) is 8.85. The molecule has 3 heterocycles. The molecule has 138 valence electrons. The Bertz CT molecular complexity index is 647. The van der Waals surface area contributed by atoms with Crippen molar-refractivity contribution in [2.75, 3.05) is 18.5 Å². The lowest BCUT2D eigenvalue weighted by Crippen LogP contribution is -2.43. The molecule has 0 saturated carbocycles. The molecule has 3 rings (SSSR count). The van der Waals surface area contributed by atoms with Gasteiger partial charge in [0.15, 0.2) is 0 Å². The molecular formula is C16H23Cl2N5O2. The van der Waals surface area contributed by atoms with Crippen LogP contribution in [0.2, 0.25) is 0 Å². The Balaban J connectivity index is 0.00000156. The summed E-state index contributed by atoms with van der Waals surface area (Å²) < 4.78 is 7.07. The van der Waals surface area contributed by atoms with Gasteiger partial charge in [0.25, 0.3) is 0 Å². The minimum atomic E-state index is -0.512. The van der Waals surface area contributed by atoms with Gasteiger partial charge in [-0.05, 0) is 36.5 Å². The molecule has 1 fully saturated rings. The summed E-state index contributed by atoms with van der Waals surface area (Å²) >= 11 is 0. The zero-order chi connectivity index (χ0) is 16.1. The summed E-state index contributed by atoms with van der Waals surface area (Å²) in [4.78, 5) is 16.2. The summed E-state index contributed by atoms with van der Waals surface area (Å²) in [6.45, 7) is 1.98. The SMILES string of the molecule is Cl.Cl.NC(C(=O)Nc1cnn(Cc2ccncc2)c1)C1CCOCC1. The van der Waals surface area contributed by atoms with Crippen LogP contribution in [0.5, 0.6) is 0 Å². The first-order chi connectivity index (χ1) is 11.2. The second-order valence-electron chi connectivity index (χ2n) is 5.75. The Morgan fingerprint density at radius 1 is 1.32 bits per heavy atom. The number of pyridine rings is 1. The van der Waals surface area contributed by atoms with Gasteiger partial charge in [0.2, 0.25) is 5.91 Å². The summed E-state index contributed by atoms with van der Waals surface area (Å²) in [7, 11) is 0. The maximum atomic E-state index is 12.3.